The average Bonchev–Trinajstić information content (AvgIpc) is 2.46. The highest BCUT2D eigenvalue weighted by Crippen LogP contribution is 2.47. The third kappa shape index (κ3) is 2.52. The van der Waals surface area contributed by atoms with Gasteiger partial charge in [-0.3, -0.25) is 0 Å². The van der Waals surface area contributed by atoms with Gasteiger partial charge >= 0.3 is 5.63 Å². The van der Waals surface area contributed by atoms with E-state index in [1.165, 1.54) is 0 Å². The van der Waals surface area contributed by atoms with Gasteiger partial charge in [0.25, 0.3) is 0 Å². The summed E-state index contributed by atoms with van der Waals surface area (Å²) in [7, 11) is 0. The molecule has 4 nitrogen and oxygen atoms in total. The molecule has 0 unspecified atom stereocenters. The van der Waals surface area contributed by atoms with Crippen LogP contribution < -0.4 is 10.4 Å². The summed E-state index contributed by atoms with van der Waals surface area (Å²) < 4.78 is 17.2. The Morgan fingerprint density at radius 1 is 1.27 bits per heavy atom. The Hall–Kier alpha value is -1.81. The van der Waals surface area contributed by atoms with Crippen LogP contribution in [-0.2, 0) is 4.74 Å². The molecular weight excluding hydrogens is 280 g/mol. The molecule has 118 valence electrons. The van der Waals surface area contributed by atoms with E-state index in [4.69, 9.17) is 13.9 Å². The topological polar surface area (TPSA) is 48.7 Å². The number of ether oxygens (including phenoxy) is 2. The van der Waals surface area contributed by atoms with E-state index in [9.17, 15) is 4.79 Å². The minimum atomic E-state index is -0.327. The molecule has 2 heterocycles. The van der Waals surface area contributed by atoms with E-state index in [-0.39, 0.29) is 23.2 Å². The second-order valence-electron chi connectivity index (χ2n) is 6.79. The number of fused-ring (bicyclic) bond motifs is 3. The maximum absolute atomic E-state index is 12.5. The molecule has 0 radical (unpaired) electrons. The number of para-hydroxylation sites is 1. The van der Waals surface area contributed by atoms with Gasteiger partial charge in [-0.05, 0) is 24.5 Å². The summed E-state index contributed by atoms with van der Waals surface area (Å²) in [5, 5.41) is 0.829. The summed E-state index contributed by atoms with van der Waals surface area (Å²) in [6.45, 7) is 8.91. The summed E-state index contributed by atoms with van der Waals surface area (Å²) in [4.78, 5) is 12.5. The molecule has 22 heavy (non-hydrogen) atoms. The van der Waals surface area contributed by atoms with E-state index in [1.807, 2.05) is 25.1 Å². The third-order valence-corrected chi connectivity index (χ3v) is 4.22. The zero-order chi connectivity index (χ0) is 15.9. The van der Waals surface area contributed by atoms with E-state index in [2.05, 4.69) is 20.8 Å². The molecule has 0 spiro atoms. The summed E-state index contributed by atoms with van der Waals surface area (Å²) in [5.74, 6) is 0.658. The fraction of sp³-hybridized carbons (Fsp3) is 0.500. The van der Waals surface area contributed by atoms with Gasteiger partial charge in [0.05, 0.1) is 10.9 Å². The zero-order valence-electron chi connectivity index (χ0n) is 13.5. The lowest BCUT2D eigenvalue weighted by Crippen LogP contribution is -2.36. The molecule has 3 rings (SSSR count). The Morgan fingerprint density at radius 3 is 2.68 bits per heavy atom. The molecule has 2 atom stereocenters. The van der Waals surface area contributed by atoms with Crippen LogP contribution in [0.4, 0.5) is 0 Å². The van der Waals surface area contributed by atoms with Crippen LogP contribution in [0.2, 0.25) is 0 Å². The highest BCUT2D eigenvalue weighted by atomic mass is 16.7. The minimum Gasteiger partial charge on any atom is -0.464 e. The lowest BCUT2D eigenvalue weighted by molar-refractivity contribution is -0.0981. The molecule has 0 N–H and O–H groups in total. The fourth-order valence-corrected chi connectivity index (χ4v) is 3.13. The Balaban J connectivity index is 2.25. The summed E-state index contributed by atoms with van der Waals surface area (Å²) in [6, 6.07) is 7.48. The molecule has 0 saturated carbocycles. The highest BCUT2D eigenvalue weighted by molar-refractivity contribution is 5.84. The SMILES string of the molecule is CCO[C@H]1C[C@H](C(C)(C)C)c2c(c3ccccc3oc2=O)O1. The normalized spacial score (nSPS) is 21.5. The Kier molecular flexibility index (Phi) is 3.73. The van der Waals surface area contributed by atoms with E-state index in [0.717, 1.165) is 5.39 Å². The van der Waals surface area contributed by atoms with Crippen molar-refractivity contribution in [3.8, 4) is 5.75 Å². The highest BCUT2D eigenvalue weighted by Gasteiger charge is 2.39. The monoisotopic (exact) mass is 302 g/mol. The quantitative estimate of drug-likeness (QED) is 0.785. The van der Waals surface area contributed by atoms with Gasteiger partial charge in [-0.25, -0.2) is 4.79 Å². The molecule has 0 fully saturated rings. The zero-order valence-corrected chi connectivity index (χ0v) is 13.5. The largest absolute Gasteiger partial charge is 0.464 e. The van der Waals surface area contributed by atoms with Gasteiger partial charge in [0.2, 0.25) is 0 Å². The van der Waals surface area contributed by atoms with E-state index in [1.54, 1.807) is 6.07 Å². The average molecular weight is 302 g/mol. The number of hydrogen-bond acceptors (Lipinski definition) is 4. The predicted octanol–water partition coefficient (Wildman–Crippen LogP) is 4.07. The smallest absolute Gasteiger partial charge is 0.343 e. The molecule has 4 heteroatoms. The maximum atomic E-state index is 12.5. The number of hydrogen-bond donors (Lipinski definition) is 0. The first-order valence-corrected chi connectivity index (χ1v) is 7.75. The fourth-order valence-electron chi connectivity index (χ4n) is 3.13. The molecule has 2 aromatic rings. The molecule has 0 amide bonds. The van der Waals surface area contributed by atoms with Crippen LogP contribution in [0.15, 0.2) is 33.5 Å². The van der Waals surface area contributed by atoms with E-state index < -0.39 is 0 Å². The van der Waals surface area contributed by atoms with Crippen molar-refractivity contribution < 1.29 is 13.9 Å². The first-order valence-electron chi connectivity index (χ1n) is 7.75. The van der Waals surface area contributed by atoms with Gasteiger partial charge < -0.3 is 13.9 Å². The van der Waals surface area contributed by atoms with Crippen molar-refractivity contribution in [2.75, 3.05) is 6.61 Å². The van der Waals surface area contributed by atoms with Gasteiger partial charge in [-0.1, -0.05) is 32.9 Å². The Morgan fingerprint density at radius 2 is 2.00 bits per heavy atom. The van der Waals surface area contributed by atoms with Crippen molar-refractivity contribution in [2.24, 2.45) is 5.41 Å². The standard InChI is InChI=1S/C18H22O4/c1-5-20-14-10-12(18(2,3)4)15-16(22-14)11-8-6-7-9-13(11)21-17(15)19/h6-9,12,14H,5,10H2,1-4H3/t12-,14+/m0/s1. The first-order chi connectivity index (χ1) is 10.4. The minimum absolute atomic E-state index is 0.0358. The Labute approximate surface area is 130 Å². The van der Waals surface area contributed by atoms with Gasteiger partial charge in [-0.2, -0.15) is 0 Å². The molecule has 1 aliphatic heterocycles. The van der Waals surface area contributed by atoms with Crippen molar-refractivity contribution >= 4 is 11.0 Å². The van der Waals surface area contributed by atoms with E-state index >= 15 is 0 Å². The van der Waals surface area contributed by atoms with Crippen molar-refractivity contribution in [3.05, 3.63) is 40.2 Å². The van der Waals surface area contributed by atoms with Gasteiger partial charge in [-0.15, -0.1) is 0 Å². The van der Waals surface area contributed by atoms with Crippen LogP contribution in [0.5, 0.6) is 5.75 Å². The van der Waals surface area contributed by atoms with Crippen LogP contribution in [0.3, 0.4) is 0 Å². The number of rotatable bonds is 2. The Bertz CT molecular complexity index is 739. The molecular formula is C18H22O4. The predicted molar refractivity (Wildman–Crippen MR) is 85.3 cm³/mol. The maximum Gasteiger partial charge on any atom is 0.343 e. The van der Waals surface area contributed by atoms with Gasteiger partial charge in [0.1, 0.15) is 11.3 Å². The van der Waals surface area contributed by atoms with Crippen LogP contribution in [0.1, 0.15) is 45.6 Å². The van der Waals surface area contributed by atoms with Crippen molar-refractivity contribution in [1.82, 2.24) is 0 Å². The lowest BCUT2D eigenvalue weighted by atomic mass is 9.73. The van der Waals surface area contributed by atoms with Crippen LogP contribution in [0.25, 0.3) is 11.0 Å². The number of benzene rings is 1. The molecule has 1 aromatic heterocycles. The van der Waals surface area contributed by atoms with Crippen molar-refractivity contribution in [1.29, 1.82) is 0 Å². The third-order valence-electron chi connectivity index (χ3n) is 4.22. The van der Waals surface area contributed by atoms with Crippen molar-refractivity contribution in [2.45, 2.75) is 46.3 Å². The summed E-state index contributed by atoms with van der Waals surface area (Å²) >= 11 is 0. The van der Waals surface area contributed by atoms with Gasteiger partial charge in [0.15, 0.2) is 6.29 Å². The van der Waals surface area contributed by atoms with Crippen LogP contribution >= 0.6 is 0 Å². The van der Waals surface area contributed by atoms with Gasteiger partial charge in [0, 0.05) is 18.9 Å². The first kappa shape index (κ1) is 15.1. The molecule has 1 aromatic carbocycles. The van der Waals surface area contributed by atoms with Crippen LogP contribution in [-0.4, -0.2) is 12.9 Å². The van der Waals surface area contributed by atoms with Crippen LogP contribution in [0, 0.1) is 5.41 Å². The van der Waals surface area contributed by atoms with Crippen molar-refractivity contribution in [3.63, 3.8) is 0 Å². The summed E-state index contributed by atoms with van der Waals surface area (Å²) in [6.07, 6.45) is 0.333. The summed E-state index contributed by atoms with van der Waals surface area (Å²) in [5.41, 5.74) is 0.812. The second kappa shape index (κ2) is 5.43. The molecule has 0 aliphatic carbocycles. The second-order valence-corrected chi connectivity index (χ2v) is 6.79. The molecule has 1 aliphatic rings. The van der Waals surface area contributed by atoms with E-state index in [0.29, 0.717) is 29.9 Å². The molecule has 0 saturated heterocycles. The lowest BCUT2D eigenvalue weighted by Gasteiger charge is -2.38. The molecule has 0 bridgehead atoms.